The quantitative estimate of drug-likeness (QED) is 0.791. The molecule has 3 nitrogen and oxygen atoms in total. The molecule has 1 atom stereocenters. The zero-order valence-electron chi connectivity index (χ0n) is 10.6. The van der Waals surface area contributed by atoms with Crippen LogP contribution in [-0.4, -0.2) is 10.1 Å². The second-order valence-electron chi connectivity index (χ2n) is 4.14. The second-order valence-corrected chi connectivity index (χ2v) is 5.40. The van der Waals surface area contributed by atoms with Gasteiger partial charge in [-0.1, -0.05) is 18.5 Å². The number of pyridine rings is 1. The van der Waals surface area contributed by atoms with Gasteiger partial charge in [0, 0.05) is 6.07 Å². The molecule has 2 aromatic rings. The normalized spacial score (nSPS) is 12.2. The molecule has 6 heteroatoms. The van der Waals surface area contributed by atoms with Crippen LogP contribution >= 0.6 is 27.5 Å². The molecule has 20 heavy (non-hydrogen) atoms. The van der Waals surface area contributed by atoms with Gasteiger partial charge in [0.05, 0.1) is 27.5 Å². The number of nitrogens with zero attached hydrogens (tertiary/aromatic N) is 1. The number of hydrogen-bond acceptors (Lipinski definition) is 3. The van der Waals surface area contributed by atoms with E-state index in [-0.39, 0.29) is 5.02 Å². The summed E-state index contributed by atoms with van der Waals surface area (Å²) in [6.07, 6.45) is 1.47. The summed E-state index contributed by atoms with van der Waals surface area (Å²) in [7, 11) is 0. The smallest absolute Gasteiger partial charge is 0.145 e. The van der Waals surface area contributed by atoms with Crippen molar-refractivity contribution >= 4 is 27.5 Å². The van der Waals surface area contributed by atoms with Crippen LogP contribution in [0.5, 0.6) is 11.5 Å². The van der Waals surface area contributed by atoms with Crippen molar-refractivity contribution in [3.63, 3.8) is 0 Å². The van der Waals surface area contributed by atoms with E-state index in [4.69, 9.17) is 16.3 Å². The summed E-state index contributed by atoms with van der Waals surface area (Å²) in [5.74, 6) is 0.188. The maximum Gasteiger partial charge on any atom is 0.145 e. The van der Waals surface area contributed by atoms with E-state index in [1.165, 1.54) is 18.3 Å². The summed E-state index contributed by atoms with van der Waals surface area (Å²) in [4.78, 5) is 4.11. The van der Waals surface area contributed by atoms with Crippen LogP contribution in [0.2, 0.25) is 5.02 Å². The zero-order valence-corrected chi connectivity index (χ0v) is 12.9. The molecule has 0 aliphatic carbocycles. The van der Waals surface area contributed by atoms with Crippen LogP contribution < -0.4 is 4.74 Å². The third-order valence-corrected chi connectivity index (χ3v) is 3.60. The maximum atomic E-state index is 13.4. The SMILES string of the molecule is CC[C@@H](O)c1ccc(Oc2cc(F)c(Cl)cc2Br)cn1. The van der Waals surface area contributed by atoms with Gasteiger partial charge in [0.1, 0.15) is 17.3 Å². The topological polar surface area (TPSA) is 42.4 Å². The van der Waals surface area contributed by atoms with Crippen LogP contribution in [0.3, 0.4) is 0 Å². The van der Waals surface area contributed by atoms with Gasteiger partial charge >= 0.3 is 0 Å². The van der Waals surface area contributed by atoms with E-state index in [2.05, 4.69) is 20.9 Å². The van der Waals surface area contributed by atoms with E-state index in [0.29, 0.717) is 28.1 Å². The minimum atomic E-state index is -0.594. The summed E-state index contributed by atoms with van der Waals surface area (Å²) in [6.45, 7) is 1.87. The van der Waals surface area contributed by atoms with Gasteiger partial charge in [-0.05, 0) is 40.5 Å². The Morgan fingerprint density at radius 1 is 1.45 bits per heavy atom. The van der Waals surface area contributed by atoms with E-state index in [0.717, 1.165) is 0 Å². The molecule has 1 N–H and O–H groups in total. The van der Waals surface area contributed by atoms with Crippen molar-refractivity contribution in [2.45, 2.75) is 19.4 Å². The van der Waals surface area contributed by atoms with Crippen molar-refractivity contribution in [1.29, 1.82) is 0 Å². The lowest BCUT2D eigenvalue weighted by Gasteiger charge is -2.10. The molecule has 106 valence electrons. The van der Waals surface area contributed by atoms with Crippen LogP contribution in [-0.2, 0) is 0 Å². The number of halogens is 3. The number of ether oxygens (including phenoxy) is 1. The molecule has 0 saturated carbocycles. The van der Waals surface area contributed by atoms with E-state index >= 15 is 0 Å². The molecule has 0 saturated heterocycles. The minimum absolute atomic E-state index is 0.0174. The van der Waals surface area contributed by atoms with E-state index in [9.17, 15) is 9.50 Å². The van der Waals surface area contributed by atoms with Gasteiger partial charge in [0.15, 0.2) is 0 Å². The number of benzene rings is 1. The van der Waals surface area contributed by atoms with Crippen molar-refractivity contribution in [3.8, 4) is 11.5 Å². The molecule has 0 fully saturated rings. The number of aliphatic hydroxyl groups is 1. The first-order valence-electron chi connectivity index (χ1n) is 5.97. The summed E-state index contributed by atoms with van der Waals surface area (Å²) in [6, 6.07) is 5.96. The maximum absolute atomic E-state index is 13.4. The number of aliphatic hydroxyl groups excluding tert-OH is 1. The van der Waals surface area contributed by atoms with E-state index < -0.39 is 11.9 Å². The lowest BCUT2D eigenvalue weighted by Crippen LogP contribution is -1.98. The summed E-state index contributed by atoms with van der Waals surface area (Å²) >= 11 is 8.91. The molecule has 0 amide bonds. The van der Waals surface area contributed by atoms with Gasteiger partial charge in [-0.2, -0.15) is 0 Å². The molecule has 0 aliphatic heterocycles. The van der Waals surface area contributed by atoms with Crippen LogP contribution in [0.25, 0.3) is 0 Å². The molecular weight excluding hydrogens is 349 g/mol. The average Bonchev–Trinajstić information content (AvgIpc) is 2.44. The molecule has 1 aromatic heterocycles. The monoisotopic (exact) mass is 359 g/mol. The molecule has 1 aromatic carbocycles. The molecule has 0 unspecified atom stereocenters. The molecule has 0 aliphatic rings. The van der Waals surface area contributed by atoms with Crippen LogP contribution in [0.4, 0.5) is 4.39 Å². The highest BCUT2D eigenvalue weighted by Gasteiger charge is 2.10. The fraction of sp³-hybridized carbons (Fsp3) is 0.214. The third-order valence-electron chi connectivity index (χ3n) is 2.69. The van der Waals surface area contributed by atoms with Crippen LogP contribution in [0.1, 0.15) is 25.1 Å². The van der Waals surface area contributed by atoms with Crippen molar-refractivity contribution in [2.75, 3.05) is 0 Å². The molecule has 0 spiro atoms. The Morgan fingerprint density at radius 3 is 2.80 bits per heavy atom. The highest BCUT2D eigenvalue weighted by molar-refractivity contribution is 9.10. The average molecular weight is 361 g/mol. The van der Waals surface area contributed by atoms with Crippen LogP contribution in [0, 0.1) is 5.82 Å². The standard InChI is InChI=1S/C14H12BrClFNO2/c1-2-13(19)12-4-3-8(7-18-12)20-14-6-11(17)10(16)5-9(14)15/h3-7,13,19H,2H2,1H3/t13-/m1/s1. The first-order valence-corrected chi connectivity index (χ1v) is 7.14. The first-order chi connectivity index (χ1) is 9.51. The van der Waals surface area contributed by atoms with Crippen molar-refractivity contribution in [2.24, 2.45) is 0 Å². The molecule has 0 radical (unpaired) electrons. The molecule has 1 heterocycles. The Hall–Kier alpha value is -1.17. The fourth-order valence-electron chi connectivity index (χ4n) is 1.57. The van der Waals surface area contributed by atoms with Gasteiger partial charge in [0.25, 0.3) is 0 Å². The lowest BCUT2D eigenvalue weighted by molar-refractivity contribution is 0.169. The summed E-state index contributed by atoms with van der Waals surface area (Å²) in [5.41, 5.74) is 0.571. The van der Waals surface area contributed by atoms with Gasteiger partial charge in [-0.25, -0.2) is 4.39 Å². The number of aromatic nitrogens is 1. The van der Waals surface area contributed by atoms with E-state index in [1.807, 2.05) is 6.92 Å². The highest BCUT2D eigenvalue weighted by atomic mass is 79.9. The number of rotatable bonds is 4. The fourth-order valence-corrected chi connectivity index (χ4v) is 2.29. The predicted octanol–water partition coefficient (Wildman–Crippen LogP) is 4.87. The summed E-state index contributed by atoms with van der Waals surface area (Å²) in [5, 5.41) is 9.66. The molecule has 2 rings (SSSR count). The molecule has 0 bridgehead atoms. The largest absolute Gasteiger partial charge is 0.454 e. The first kappa shape index (κ1) is 15.2. The lowest BCUT2D eigenvalue weighted by atomic mass is 10.2. The van der Waals surface area contributed by atoms with Crippen molar-refractivity contribution < 1.29 is 14.2 Å². The Labute approximate surface area is 129 Å². The second kappa shape index (κ2) is 6.52. The van der Waals surface area contributed by atoms with Crippen molar-refractivity contribution in [3.05, 3.63) is 51.5 Å². The highest BCUT2D eigenvalue weighted by Crippen LogP contribution is 2.33. The van der Waals surface area contributed by atoms with Crippen LogP contribution in [0.15, 0.2) is 34.9 Å². The third kappa shape index (κ3) is 3.48. The summed E-state index contributed by atoms with van der Waals surface area (Å²) < 4.78 is 19.5. The Balaban J connectivity index is 2.20. The molecular formula is C14H12BrClFNO2. The van der Waals surface area contributed by atoms with E-state index in [1.54, 1.807) is 12.1 Å². The van der Waals surface area contributed by atoms with Gasteiger partial charge < -0.3 is 9.84 Å². The van der Waals surface area contributed by atoms with Gasteiger partial charge in [-0.15, -0.1) is 0 Å². The van der Waals surface area contributed by atoms with Crippen molar-refractivity contribution in [1.82, 2.24) is 4.98 Å². The van der Waals surface area contributed by atoms with Gasteiger partial charge in [0.2, 0.25) is 0 Å². The number of hydrogen-bond donors (Lipinski definition) is 1. The zero-order chi connectivity index (χ0) is 14.7. The minimum Gasteiger partial charge on any atom is -0.454 e. The Morgan fingerprint density at radius 2 is 2.20 bits per heavy atom. The van der Waals surface area contributed by atoms with Gasteiger partial charge in [-0.3, -0.25) is 4.98 Å². The Bertz CT molecular complexity index is 607. The Kier molecular flexibility index (Phi) is 4.96. The predicted molar refractivity (Wildman–Crippen MR) is 78.7 cm³/mol.